The van der Waals surface area contributed by atoms with Crippen LogP contribution in [-0.2, 0) is 11.3 Å². The topological polar surface area (TPSA) is 55.1 Å². The lowest BCUT2D eigenvalue weighted by molar-refractivity contribution is -0.119. The molecule has 0 radical (unpaired) electrons. The van der Waals surface area contributed by atoms with Crippen LogP contribution in [0.3, 0.4) is 0 Å². The molecule has 0 fully saturated rings. The molecule has 3 nitrogen and oxygen atoms in total. The monoisotopic (exact) mass is 270 g/mol. The summed E-state index contributed by atoms with van der Waals surface area (Å²) in [6.07, 6.45) is 0. The Morgan fingerprint density at radius 1 is 1.60 bits per heavy atom. The van der Waals surface area contributed by atoms with Gasteiger partial charge in [0.15, 0.2) is 0 Å². The molecule has 1 rings (SSSR count). The van der Waals surface area contributed by atoms with Crippen molar-refractivity contribution in [1.82, 2.24) is 5.32 Å². The minimum absolute atomic E-state index is 0.0133. The summed E-state index contributed by atoms with van der Waals surface area (Å²) in [6.45, 7) is 2.48. The van der Waals surface area contributed by atoms with Gasteiger partial charge >= 0.3 is 0 Å². The van der Waals surface area contributed by atoms with Crippen LogP contribution >= 0.6 is 15.9 Å². The smallest absolute Gasteiger partial charge is 0.231 e. The summed E-state index contributed by atoms with van der Waals surface area (Å²) in [5.41, 5.74) is 7.70. The van der Waals surface area contributed by atoms with E-state index in [1.54, 1.807) is 0 Å². The van der Waals surface area contributed by atoms with E-state index in [-0.39, 0.29) is 11.9 Å². The van der Waals surface area contributed by atoms with Crippen molar-refractivity contribution < 1.29 is 4.79 Å². The van der Waals surface area contributed by atoms with Crippen molar-refractivity contribution in [2.45, 2.75) is 19.5 Å². The van der Waals surface area contributed by atoms with Gasteiger partial charge in [0.1, 0.15) is 0 Å². The molecule has 82 valence electrons. The molecule has 0 saturated carbocycles. The summed E-state index contributed by atoms with van der Waals surface area (Å²) in [7, 11) is 0. The maximum absolute atomic E-state index is 11.2. The summed E-state index contributed by atoms with van der Waals surface area (Å²) < 4.78 is 0. The maximum atomic E-state index is 11.2. The fourth-order valence-corrected chi connectivity index (χ4v) is 1.51. The van der Waals surface area contributed by atoms with Gasteiger partial charge in [0, 0.05) is 6.54 Å². The van der Waals surface area contributed by atoms with Gasteiger partial charge < -0.3 is 11.1 Å². The Bertz CT molecular complexity index is 341. The Kier molecular flexibility index (Phi) is 4.78. The molecule has 0 aliphatic rings. The molecule has 1 amide bonds. The first-order chi connectivity index (χ1) is 7.17. The third-order valence-corrected chi connectivity index (χ3v) is 2.69. The molecular formula is C11H15BrN2O. The third kappa shape index (κ3) is 3.64. The molecule has 0 aromatic heterocycles. The van der Waals surface area contributed by atoms with Crippen molar-refractivity contribution in [2.24, 2.45) is 5.73 Å². The van der Waals surface area contributed by atoms with Gasteiger partial charge in [-0.1, -0.05) is 40.2 Å². The van der Waals surface area contributed by atoms with E-state index >= 15 is 0 Å². The Morgan fingerprint density at radius 3 is 2.93 bits per heavy atom. The van der Waals surface area contributed by atoms with E-state index in [9.17, 15) is 4.79 Å². The molecule has 0 aliphatic heterocycles. The van der Waals surface area contributed by atoms with E-state index in [1.165, 1.54) is 0 Å². The van der Waals surface area contributed by atoms with Crippen LogP contribution in [-0.4, -0.2) is 11.2 Å². The first-order valence-corrected chi connectivity index (χ1v) is 5.93. The fraction of sp³-hybridized carbons (Fsp3) is 0.364. The Balaban J connectivity index is 2.72. The van der Waals surface area contributed by atoms with Crippen molar-refractivity contribution in [2.75, 3.05) is 5.33 Å². The molecule has 1 aromatic carbocycles. The number of alkyl halides is 1. The van der Waals surface area contributed by atoms with Gasteiger partial charge in [0.2, 0.25) is 5.91 Å². The number of rotatable bonds is 4. The normalized spacial score (nSPS) is 12.2. The van der Waals surface area contributed by atoms with Gasteiger partial charge in [-0.05, 0) is 18.1 Å². The summed E-state index contributed by atoms with van der Waals surface area (Å²) in [5, 5.41) is 3.20. The zero-order valence-corrected chi connectivity index (χ0v) is 10.3. The Labute approximate surface area is 98.2 Å². The summed E-state index contributed by atoms with van der Waals surface area (Å²) >= 11 is 3.11. The number of nitrogens with one attached hydrogen (secondary N) is 1. The number of nitrogens with two attached hydrogens (primary N) is 1. The lowest BCUT2D eigenvalue weighted by Crippen LogP contribution is -2.27. The highest BCUT2D eigenvalue weighted by Crippen LogP contribution is 2.13. The lowest BCUT2D eigenvalue weighted by Gasteiger charge is -2.14. The van der Waals surface area contributed by atoms with Gasteiger partial charge in [-0.15, -0.1) is 0 Å². The number of hydrogen-bond acceptors (Lipinski definition) is 2. The SMILES string of the molecule is CC(NC(=O)CBr)c1cccc(CN)c1. The van der Waals surface area contributed by atoms with Gasteiger partial charge in [-0.2, -0.15) is 0 Å². The third-order valence-electron chi connectivity index (χ3n) is 2.19. The number of carbonyl (C=O) groups excluding carboxylic acids is 1. The minimum Gasteiger partial charge on any atom is -0.349 e. The van der Waals surface area contributed by atoms with Gasteiger partial charge in [-0.25, -0.2) is 0 Å². The van der Waals surface area contributed by atoms with Crippen molar-refractivity contribution in [3.63, 3.8) is 0 Å². The van der Waals surface area contributed by atoms with E-state index in [2.05, 4.69) is 21.2 Å². The van der Waals surface area contributed by atoms with Gasteiger partial charge in [0.05, 0.1) is 11.4 Å². The van der Waals surface area contributed by atoms with Gasteiger partial charge in [0.25, 0.3) is 0 Å². The maximum Gasteiger partial charge on any atom is 0.231 e. The van der Waals surface area contributed by atoms with Gasteiger partial charge in [-0.3, -0.25) is 4.79 Å². The number of halogens is 1. The highest BCUT2D eigenvalue weighted by atomic mass is 79.9. The predicted molar refractivity (Wildman–Crippen MR) is 64.7 cm³/mol. The van der Waals surface area contributed by atoms with E-state index in [1.807, 2.05) is 31.2 Å². The first-order valence-electron chi connectivity index (χ1n) is 4.81. The summed E-state index contributed by atoms with van der Waals surface area (Å²) in [4.78, 5) is 11.2. The van der Waals surface area contributed by atoms with Crippen LogP contribution in [0.25, 0.3) is 0 Å². The van der Waals surface area contributed by atoms with E-state index in [0.29, 0.717) is 11.9 Å². The molecular weight excluding hydrogens is 256 g/mol. The molecule has 0 bridgehead atoms. The van der Waals surface area contributed by atoms with Crippen LogP contribution in [0.15, 0.2) is 24.3 Å². The zero-order chi connectivity index (χ0) is 11.3. The zero-order valence-electron chi connectivity index (χ0n) is 8.66. The van der Waals surface area contributed by atoms with Crippen LogP contribution in [0.1, 0.15) is 24.1 Å². The van der Waals surface area contributed by atoms with Crippen LogP contribution in [0.2, 0.25) is 0 Å². The number of hydrogen-bond donors (Lipinski definition) is 2. The molecule has 1 atom stereocenters. The largest absolute Gasteiger partial charge is 0.349 e. The first kappa shape index (κ1) is 12.2. The summed E-state index contributed by atoms with van der Waals surface area (Å²) in [6, 6.07) is 7.94. The van der Waals surface area contributed by atoms with Crippen LogP contribution in [0.4, 0.5) is 0 Å². The average Bonchev–Trinajstić information content (AvgIpc) is 2.28. The van der Waals surface area contributed by atoms with E-state index in [4.69, 9.17) is 5.73 Å². The fourth-order valence-electron chi connectivity index (χ4n) is 1.35. The molecule has 1 aromatic rings. The Hall–Kier alpha value is -0.870. The standard InChI is InChI=1S/C11H15BrN2O/c1-8(14-11(15)6-12)10-4-2-3-9(5-10)7-13/h2-5,8H,6-7,13H2,1H3,(H,14,15). The second-order valence-electron chi connectivity index (χ2n) is 3.37. The average molecular weight is 271 g/mol. The molecule has 15 heavy (non-hydrogen) atoms. The van der Waals surface area contributed by atoms with Crippen molar-refractivity contribution >= 4 is 21.8 Å². The molecule has 3 N–H and O–H groups in total. The quantitative estimate of drug-likeness (QED) is 0.819. The minimum atomic E-state index is -0.0133. The molecule has 0 spiro atoms. The number of amides is 1. The molecule has 0 aliphatic carbocycles. The number of carbonyl (C=O) groups is 1. The Morgan fingerprint density at radius 2 is 2.33 bits per heavy atom. The molecule has 0 heterocycles. The van der Waals surface area contributed by atoms with Crippen LogP contribution in [0, 0.1) is 0 Å². The highest BCUT2D eigenvalue weighted by molar-refractivity contribution is 9.09. The van der Waals surface area contributed by atoms with Crippen molar-refractivity contribution in [1.29, 1.82) is 0 Å². The van der Waals surface area contributed by atoms with Crippen LogP contribution < -0.4 is 11.1 Å². The molecule has 0 saturated heterocycles. The van der Waals surface area contributed by atoms with Crippen molar-refractivity contribution in [3.8, 4) is 0 Å². The van der Waals surface area contributed by atoms with E-state index in [0.717, 1.165) is 11.1 Å². The van der Waals surface area contributed by atoms with E-state index < -0.39 is 0 Å². The molecule has 1 unspecified atom stereocenters. The molecule has 4 heteroatoms. The van der Waals surface area contributed by atoms with Crippen molar-refractivity contribution in [3.05, 3.63) is 35.4 Å². The lowest BCUT2D eigenvalue weighted by atomic mass is 10.1. The predicted octanol–water partition coefficient (Wildman–Crippen LogP) is 1.72. The van der Waals surface area contributed by atoms with Crippen LogP contribution in [0.5, 0.6) is 0 Å². The summed E-state index contributed by atoms with van der Waals surface area (Å²) in [5.74, 6) is -0.0133. The second kappa shape index (κ2) is 5.88. The number of benzene rings is 1. The highest BCUT2D eigenvalue weighted by Gasteiger charge is 2.08. The second-order valence-corrected chi connectivity index (χ2v) is 3.93.